The number of aliphatic hydroxyl groups is 1. The molecule has 1 aliphatic heterocycles. The highest BCUT2D eigenvalue weighted by molar-refractivity contribution is 6.46. The molecule has 6 nitrogen and oxygen atoms in total. The standard InChI is InChI=1S/C27H23F3N2O4/c1-16(2)36-21-8-6-19(7-9-21)24(33)22-23(18-10-12-31-13-11-18)32(26(35)25(22)34)15-17-4-3-5-20(14-17)27(28,29)30/h3-14,16,23,33H,15H2,1-2H3/b24-22+. The molecule has 36 heavy (non-hydrogen) atoms. The van der Waals surface area contributed by atoms with E-state index in [0.29, 0.717) is 16.9 Å². The van der Waals surface area contributed by atoms with Crippen molar-refractivity contribution in [1.29, 1.82) is 0 Å². The summed E-state index contributed by atoms with van der Waals surface area (Å²) in [6.45, 7) is 3.47. The van der Waals surface area contributed by atoms with Crippen molar-refractivity contribution >= 4 is 17.4 Å². The monoisotopic (exact) mass is 496 g/mol. The number of carbonyl (C=O) groups excluding carboxylic acids is 2. The highest BCUT2D eigenvalue weighted by atomic mass is 19.4. The number of hydrogen-bond acceptors (Lipinski definition) is 5. The Hall–Kier alpha value is -4.14. The van der Waals surface area contributed by atoms with E-state index in [-0.39, 0.29) is 23.8 Å². The Morgan fingerprint density at radius 1 is 1.06 bits per heavy atom. The van der Waals surface area contributed by atoms with E-state index >= 15 is 0 Å². The predicted molar refractivity (Wildman–Crippen MR) is 126 cm³/mol. The van der Waals surface area contributed by atoms with Gasteiger partial charge in [-0.1, -0.05) is 12.1 Å². The van der Waals surface area contributed by atoms with Crippen LogP contribution in [0.4, 0.5) is 13.2 Å². The number of alkyl halides is 3. The molecule has 2 heterocycles. The van der Waals surface area contributed by atoms with Gasteiger partial charge in [0.05, 0.1) is 23.3 Å². The molecule has 0 radical (unpaired) electrons. The number of carbonyl (C=O) groups is 2. The summed E-state index contributed by atoms with van der Waals surface area (Å²) < 4.78 is 45.3. The second-order valence-electron chi connectivity index (χ2n) is 8.60. The zero-order valence-corrected chi connectivity index (χ0v) is 19.5. The van der Waals surface area contributed by atoms with Crippen molar-refractivity contribution in [2.24, 2.45) is 0 Å². The average molecular weight is 496 g/mol. The summed E-state index contributed by atoms with van der Waals surface area (Å²) in [5.74, 6) is -1.67. The van der Waals surface area contributed by atoms with Gasteiger partial charge in [0.1, 0.15) is 11.5 Å². The Labute approximate surface area is 205 Å². The van der Waals surface area contributed by atoms with Crippen LogP contribution in [0.3, 0.4) is 0 Å². The normalized spacial score (nSPS) is 17.6. The van der Waals surface area contributed by atoms with E-state index in [2.05, 4.69) is 4.98 Å². The number of aromatic nitrogens is 1. The molecule has 9 heteroatoms. The molecule has 1 fully saturated rings. The quantitative estimate of drug-likeness (QED) is 0.277. The Morgan fingerprint density at radius 3 is 2.33 bits per heavy atom. The summed E-state index contributed by atoms with van der Waals surface area (Å²) in [6.07, 6.45) is -1.67. The van der Waals surface area contributed by atoms with Crippen LogP contribution < -0.4 is 4.74 Å². The van der Waals surface area contributed by atoms with Gasteiger partial charge in [-0.05, 0) is 73.5 Å². The lowest BCUT2D eigenvalue weighted by Crippen LogP contribution is -2.29. The Kier molecular flexibility index (Phi) is 6.83. The van der Waals surface area contributed by atoms with Crippen LogP contribution in [-0.2, 0) is 22.3 Å². The minimum Gasteiger partial charge on any atom is -0.507 e. The molecule has 0 bridgehead atoms. The summed E-state index contributed by atoms with van der Waals surface area (Å²) in [4.78, 5) is 31.3. The molecule has 0 spiro atoms. The average Bonchev–Trinajstić information content (AvgIpc) is 3.09. The van der Waals surface area contributed by atoms with Crippen LogP contribution in [0, 0.1) is 0 Å². The second kappa shape index (κ2) is 9.85. The van der Waals surface area contributed by atoms with E-state index < -0.39 is 35.2 Å². The Bertz CT molecular complexity index is 1300. The molecule has 0 aliphatic carbocycles. The molecule has 186 valence electrons. The van der Waals surface area contributed by atoms with Crippen LogP contribution in [0.1, 0.15) is 42.1 Å². The molecule has 2 aromatic carbocycles. The fraction of sp³-hybridized carbons (Fsp3) is 0.222. The van der Waals surface area contributed by atoms with Crippen molar-refractivity contribution in [3.05, 3.63) is 101 Å². The van der Waals surface area contributed by atoms with Gasteiger partial charge >= 0.3 is 6.18 Å². The fourth-order valence-electron chi connectivity index (χ4n) is 4.10. The van der Waals surface area contributed by atoms with Gasteiger partial charge in [-0.3, -0.25) is 14.6 Å². The number of pyridine rings is 1. The molecule has 4 rings (SSSR count). The van der Waals surface area contributed by atoms with Gasteiger partial charge in [0.15, 0.2) is 0 Å². The number of ketones is 1. The molecule has 1 aliphatic rings. The summed E-state index contributed by atoms with van der Waals surface area (Å²) in [5, 5.41) is 11.1. The number of rotatable bonds is 6. The van der Waals surface area contributed by atoms with Crippen molar-refractivity contribution in [3.63, 3.8) is 0 Å². The molecular weight excluding hydrogens is 473 g/mol. The molecule has 0 saturated carbocycles. The fourth-order valence-corrected chi connectivity index (χ4v) is 4.10. The lowest BCUT2D eigenvalue weighted by atomic mass is 9.95. The van der Waals surface area contributed by atoms with Gasteiger partial charge in [-0.2, -0.15) is 13.2 Å². The van der Waals surface area contributed by atoms with Gasteiger partial charge in [0.2, 0.25) is 0 Å². The van der Waals surface area contributed by atoms with Crippen molar-refractivity contribution in [2.75, 3.05) is 0 Å². The zero-order valence-electron chi connectivity index (χ0n) is 19.5. The molecule has 1 N–H and O–H groups in total. The Balaban J connectivity index is 1.77. The van der Waals surface area contributed by atoms with Crippen LogP contribution in [0.15, 0.2) is 78.6 Å². The molecule has 1 amide bonds. The smallest absolute Gasteiger partial charge is 0.416 e. The van der Waals surface area contributed by atoms with Crippen LogP contribution in [0.5, 0.6) is 5.75 Å². The topological polar surface area (TPSA) is 79.7 Å². The van der Waals surface area contributed by atoms with Gasteiger partial charge in [-0.25, -0.2) is 0 Å². The minimum atomic E-state index is -4.56. The van der Waals surface area contributed by atoms with Gasteiger partial charge in [0, 0.05) is 24.5 Å². The highest BCUT2D eigenvalue weighted by Gasteiger charge is 2.46. The molecule has 1 aromatic heterocycles. The van der Waals surface area contributed by atoms with Gasteiger partial charge < -0.3 is 14.7 Å². The summed E-state index contributed by atoms with van der Waals surface area (Å²) >= 11 is 0. The first-order chi connectivity index (χ1) is 17.1. The van der Waals surface area contributed by atoms with E-state index in [0.717, 1.165) is 17.0 Å². The maximum atomic E-state index is 13.2. The van der Waals surface area contributed by atoms with E-state index in [9.17, 15) is 27.9 Å². The third kappa shape index (κ3) is 5.10. The summed E-state index contributed by atoms with van der Waals surface area (Å²) in [5.41, 5.74) is -0.0443. The van der Waals surface area contributed by atoms with E-state index in [1.165, 1.54) is 24.5 Å². The predicted octanol–water partition coefficient (Wildman–Crippen LogP) is 5.51. The molecule has 1 atom stereocenters. The summed E-state index contributed by atoms with van der Waals surface area (Å²) in [7, 11) is 0. The highest BCUT2D eigenvalue weighted by Crippen LogP contribution is 2.40. The number of benzene rings is 2. The van der Waals surface area contributed by atoms with Crippen molar-refractivity contribution in [3.8, 4) is 5.75 Å². The molecule has 1 unspecified atom stereocenters. The number of ether oxygens (including phenoxy) is 1. The zero-order chi connectivity index (χ0) is 26.0. The van der Waals surface area contributed by atoms with Crippen LogP contribution in [0.2, 0.25) is 0 Å². The van der Waals surface area contributed by atoms with Crippen molar-refractivity contribution < 1.29 is 32.6 Å². The van der Waals surface area contributed by atoms with E-state index in [1.54, 1.807) is 36.4 Å². The van der Waals surface area contributed by atoms with Crippen LogP contribution in [-0.4, -0.2) is 32.8 Å². The van der Waals surface area contributed by atoms with Crippen LogP contribution >= 0.6 is 0 Å². The lowest BCUT2D eigenvalue weighted by molar-refractivity contribution is -0.140. The maximum absolute atomic E-state index is 13.2. The van der Waals surface area contributed by atoms with Crippen molar-refractivity contribution in [1.82, 2.24) is 9.88 Å². The largest absolute Gasteiger partial charge is 0.507 e. The number of hydrogen-bond donors (Lipinski definition) is 1. The number of aliphatic hydroxyl groups excluding tert-OH is 1. The number of halogens is 3. The second-order valence-corrected chi connectivity index (χ2v) is 8.60. The number of Topliss-reactive ketones (excluding diaryl/α,β-unsaturated/α-hetero) is 1. The number of likely N-dealkylation sites (tertiary alicyclic amines) is 1. The van der Waals surface area contributed by atoms with E-state index in [1.807, 2.05) is 13.8 Å². The first kappa shape index (κ1) is 25.0. The molecule has 1 saturated heterocycles. The molecular formula is C27H23F3N2O4. The maximum Gasteiger partial charge on any atom is 0.416 e. The first-order valence-electron chi connectivity index (χ1n) is 11.2. The lowest BCUT2D eigenvalue weighted by Gasteiger charge is -2.25. The van der Waals surface area contributed by atoms with Crippen LogP contribution in [0.25, 0.3) is 5.76 Å². The van der Waals surface area contributed by atoms with Gasteiger partial charge in [0.25, 0.3) is 11.7 Å². The third-order valence-corrected chi connectivity index (χ3v) is 5.67. The SMILES string of the molecule is CC(C)Oc1ccc(/C(O)=C2\C(=O)C(=O)N(Cc3cccc(C(F)(F)F)c3)C2c2ccncc2)cc1. The Morgan fingerprint density at radius 2 is 1.72 bits per heavy atom. The number of amides is 1. The van der Waals surface area contributed by atoms with Gasteiger partial charge in [-0.15, -0.1) is 0 Å². The first-order valence-corrected chi connectivity index (χ1v) is 11.2. The molecule has 3 aromatic rings. The van der Waals surface area contributed by atoms with Crippen molar-refractivity contribution in [2.45, 2.75) is 38.7 Å². The van der Waals surface area contributed by atoms with E-state index in [4.69, 9.17) is 4.74 Å². The minimum absolute atomic E-state index is 0.0580. The summed E-state index contributed by atoms with van der Waals surface area (Å²) in [6, 6.07) is 13.1. The number of nitrogens with zero attached hydrogens (tertiary/aromatic N) is 2. The third-order valence-electron chi connectivity index (χ3n) is 5.67.